The van der Waals surface area contributed by atoms with Crippen LogP contribution in [0.4, 0.5) is 5.13 Å². The second-order valence-electron chi connectivity index (χ2n) is 9.91. The Balaban J connectivity index is 1.54. The van der Waals surface area contributed by atoms with E-state index in [1.807, 2.05) is 62.4 Å². The zero-order chi connectivity index (χ0) is 30.0. The number of hydrogen-bond donors (Lipinski definition) is 1. The maximum absolute atomic E-state index is 13.5. The number of aliphatic hydroxyl groups excluding tert-OH is 1. The zero-order valence-corrected chi connectivity index (χ0v) is 24.5. The molecule has 1 aromatic heterocycles. The third-order valence-corrected chi connectivity index (χ3v) is 8.43. The minimum absolute atomic E-state index is 0.0645. The van der Waals surface area contributed by atoms with Gasteiger partial charge in [0.1, 0.15) is 23.0 Å². The van der Waals surface area contributed by atoms with Gasteiger partial charge in [-0.05, 0) is 66.8 Å². The van der Waals surface area contributed by atoms with Crippen LogP contribution in [-0.4, -0.2) is 34.9 Å². The van der Waals surface area contributed by atoms with Gasteiger partial charge in [-0.3, -0.25) is 14.5 Å². The molecule has 214 valence electrons. The number of rotatable bonds is 8. The van der Waals surface area contributed by atoms with Gasteiger partial charge >= 0.3 is 11.9 Å². The molecule has 5 rings (SSSR count). The van der Waals surface area contributed by atoms with Crippen LogP contribution in [0.3, 0.4) is 0 Å². The Morgan fingerprint density at radius 2 is 1.69 bits per heavy atom. The molecule has 4 aromatic rings. The number of Topliss-reactive ketones (excluding diaryl/α,β-unsaturated/α-hetero) is 1. The van der Waals surface area contributed by atoms with Gasteiger partial charge in [0.25, 0.3) is 5.78 Å². The van der Waals surface area contributed by atoms with E-state index in [2.05, 4.69) is 4.98 Å². The van der Waals surface area contributed by atoms with Crippen LogP contribution in [0.25, 0.3) is 5.76 Å². The highest BCUT2D eigenvalue weighted by Crippen LogP contribution is 2.44. The molecule has 0 saturated carbocycles. The van der Waals surface area contributed by atoms with Crippen molar-refractivity contribution in [3.63, 3.8) is 0 Å². The molecule has 0 aliphatic carbocycles. The maximum Gasteiger partial charge on any atom is 0.350 e. The Morgan fingerprint density at radius 1 is 1.00 bits per heavy atom. The first kappa shape index (κ1) is 28.8. The summed E-state index contributed by atoms with van der Waals surface area (Å²) in [4.78, 5) is 45.2. The number of carbonyl (C=O) groups excluding carboxylic acids is 3. The second kappa shape index (κ2) is 12.0. The molecule has 1 fully saturated rings. The second-order valence-corrected chi connectivity index (χ2v) is 10.9. The number of aryl methyl sites for hydroxylation is 3. The molecule has 9 heteroatoms. The van der Waals surface area contributed by atoms with Gasteiger partial charge in [0.15, 0.2) is 5.13 Å². The number of ketones is 1. The van der Waals surface area contributed by atoms with E-state index in [0.29, 0.717) is 29.2 Å². The fourth-order valence-corrected chi connectivity index (χ4v) is 5.86. The van der Waals surface area contributed by atoms with Gasteiger partial charge in [-0.15, -0.1) is 0 Å². The lowest BCUT2D eigenvalue weighted by molar-refractivity contribution is -0.132. The lowest BCUT2D eigenvalue weighted by atomic mass is 9.94. The third kappa shape index (κ3) is 5.43. The molecular formula is C33H30N2O6S. The van der Waals surface area contributed by atoms with Crippen molar-refractivity contribution >= 4 is 39.9 Å². The molecule has 2 heterocycles. The van der Waals surface area contributed by atoms with Crippen LogP contribution in [0.5, 0.6) is 5.75 Å². The van der Waals surface area contributed by atoms with Crippen LogP contribution < -0.4 is 9.64 Å². The molecule has 0 bridgehead atoms. The fourth-order valence-electron chi connectivity index (χ4n) is 4.85. The molecular weight excluding hydrogens is 552 g/mol. The van der Waals surface area contributed by atoms with Crippen molar-refractivity contribution in [2.24, 2.45) is 0 Å². The smallest absolute Gasteiger partial charge is 0.350 e. The summed E-state index contributed by atoms with van der Waals surface area (Å²) in [5, 5.41) is 11.6. The topological polar surface area (TPSA) is 106 Å². The summed E-state index contributed by atoms with van der Waals surface area (Å²) in [5.74, 6) is -1.99. The number of ether oxygens (including phenoxy) is 2. The summed E-state index contributed by atoms with van der Waals surface area (Å²) in [7, 11) is 1.27. The van der Waals surface area contributed by atoms with E-state index < -0.39 is 23.7 Å². The first-order valence-corrected chi connectivity index (χ1v) is 14.3. The van der Waals surface area contributed by atoms with E-state index in [9.17, 15) is 19.5 Å². The number of aromatic nitrogens is 1. The number of nitrogens with zero attached hydrogens (tertiary/aromatic N) is 2. The van der Waals surface area contributed by atoms with Crippen molar-refractivity contribution in [3.8, 4) is 5.75 Å². The standard InChI is InChI=1S/C33H30N2O6S/c1-5-21-10-12-22(13-11-21)27-26(29(37)31(38)35(27)33-34-20(3)30(42-33)32(39)40-4)28(36)23-14-16-25(17-15-23)41-18-24-9-7-6-8-19(24)2/h6-17,27,36H,5,18H2,1-4H3. The number of amides is 1. The average Bonchev–Trinajstić information content (AvgIpc) is 3.52. The predicted octanol–water partition coefficient (Wildman–Crippen LogP) is 6.31. The molecule has 1 amide bonds. The monoisotopic (exact) mass is 582 g/mol. The number of benzene rings is 3. The summed E-state index contributed by atoms with van der Waals surface area (Å²) in [6.07, 6.45) is 0.812. The molecule has 1 unspecified atom stereocenters. The van der Waals surface area contributed by atoms with Gasteiger partial charge < -0.3 is 14.6 Å². The van der Waals surface area contributed by atoms with Crippen molar-refractivity contribution in [1.82, 2.24) is 4.98 Å². The van der Waals surface area contributed by atoms with Crippen molar-refractivity contribution in [3.05, 3.63) is 117 Å². The molecule has 8 nitrogen and oxygen atoms in total. The highest BCUT2D eigenvalue weighted by molar-refractivity contribution is 7.17. The maximum atomic E-state index is 13.5. The van der Waals surface area contributed by atoms with E-state index in [4.69, 9.17) is 9.47 Å². The van der Waals surface area contributed by atoms with E-state index in [1.54, 1.807) is 31.2 Å². The Hall–Kier alpha value is -4.76. The minimum atomic E-state index is -0.955. The van der Waals surface area contributed by atoms with Gasteiger partial charge in [0.2, 0.25) is 0 Å². The van der Waals surface area contributed by atoms with Gasteiger partial charge in [0, 0.05) is 5.56 Å². The molecule has 1 saturated heterocycles. The lowest BCUT2D eigenvalue weighted by Crippen LogP contribution is -2.29. The quantitative estimate of drug-likeness (QED) is 0.112. The summed E-state index contributed by atoms with van der Waals surface area (Å²) in [6, 6.07) is 21.2. The SMILES string of the molecule is CCc1ccc(C2C(=C(O)c3ccc(OCc4ccccc4C)cc3)C(=O)C(=O)N2c2nc(C)c(C(=O)OC)s2)cc1. The summed E-state index contributed by atoms with van der Waals surface area (Å²) in [6.45, 7) is 6.07. The van der Waals surface area contributed by atoms with Crippen LogP contribution in [0.1, 0.15) is 56.1 Å². The van der Waals surface area contributed by atoms with E-state index in [1.165, 1.54) is 12.0 Å². The highest BCUT2D eigenvalue weighted by Gasteiger charge is 2.48. The predicted molar refractivity (Wildman–Crippen MR) is 161 cm³/mol. The number of methoxy groups -OCH3 is 1. The van der Waals surface area contributed by atoms with Crippen LogP contribution in [0.15, 0.2) is 78.4 Å². The lowest BCUT2D eigenvalue weighted by Gasteiger charge is -2.23. The van der Waals surface area contributed by atoms with Crippen molar-refractivity contribution in [1.29, 1.82) is 0 Å². The van der Waals surface area contributed by atoms with Crippen LogP contribution in [0, 0.1) is 13.8 Å². The molecule has 0 spiro atoms. The molecule has 0 radical (unpaired) electrons. The molecule has 1 N–H and O–H groups in total. The number of esters is 1. The van der Waals surface area contributed by atoms with Gasteiger partial charge in [-0.25, -0.2) is 9.78 Å². The van der Waals surface area contributed by atoms with Crippen molar-refractivity contribution < 1.29 is 29.0 Å². The van der Waals surface area contributed by atoms with Crippen molar-refractivity contribution in [2.45, 2.75) is 39.8 Å². The summed E-state index contributed by atoms with van der Waals surface area (Å²) < 4.78 is 10.8. The number of hydrogen-bond acceptors (Lipinski definition) is 8. The summed E-state index contributed by atoms with van der Waals surface area (Å²) >= 11 is 0.964. The average molecular weight is 583 g/mol. The first-order valence-electron chi connectivity index (χ1n) is 13.5. The molecule has 1 aliphatic rings. The Labute approximate surface area is 247 Å². The molecule has 1 atom stereocenters. The van der Waals surface area contributed by atoms with Crippen LogP contribution in [-0.2, 0) is 27.4 Å². The van der Waals surface area contributed by atoms with Crippen molar-refractivity contribution in [2.75, 3.05) is 12.0 Å². The first-order chi connectivity index (χ1) is 20.2. The van der Waals surface area contributed by atoms with E-state index >= 15 is 0 Å². The normalized spacial score (nSPS) is 16.1. The fraction of sp³-hybridized carbons (Fsp3) is 0.212. The van der Waals surface area contributed by atoms with E-state index in [-0.39, 0.29) is 21.3 Å². The van der Waals surface area contributed by atoms with Gasteiger partial charge in [0.05, 0.1) is 24.4 Å². The largest absolute Gasteiger partial charge is 0.507 e. The Kier molecular flexibility index (Phi) is 8.22. The third-order valence-electron chi connectivity index (χ3n) is 7.29. The van der Waals surface area contributed by atoms with Crippen LogP contribution >= 0.6 is 11.3 Å². The van der Waals surface area contributed by atoms with Gasteiger partial charge in [-0.2, -0.15) is 0 Å². The van der Waals surface area contributed by atoms with Crippen LogP contribution in [0.2, 0.25) is 0 Å². The van der Waals surface area contributed by atoms with Gasteiger partial charge in [-0.1, -0.05) is 66.8 Å². The number of aliphatic hydroxyl groups is 1. The minimum Gasteiger partial charge on any atom is -0.507 e. The zero-order valence-electron chi connectivity index (χ0n) is 23.7. The highest BCUT2D eigenvalue weighted by atomic mass is 32.1. The number of thiazole rings is 1. The molecule has 42 heavy (non-hydrogen) atoms. The summed E-state index contributed by atoms with van der Waals surface area (Å²) in [5.41, 5.74) is 4.56. The Morgan fingerprint density at radius 3 is 2.33 bits per heavy atom. The Bertz CT molecular complexity index is 1690. The van der Waals surface area contributed by atoms with E-state index in [0.717, 1.165) is 34.4 Å². The number of carbonyl (C=O) groups is 3. The number of anilines is 1. The molecule has 1 aliphatic heterocycles. The molecule has 3 aromatic carbocycles.